The SMILES string of the molecule is CCOc1ccccc1N1C(=O)CS[C@@H]1c1cccc(NC(=O)c2ccco2)c1. The van der Waals surface area contributed by atoms with Gasteiger partial charge in [-0.1, -0.05) is 24.3 Å². The number of benzene rings is 2. The lowest BCUT2D eigenvalue weighted by atomic mass is 10.1. The van der Waals surface area contributed by atoms with Gasteiger partial charge in [0.05, 0.1) is 24.3 Å². The van der Waals surface area contributed by atoms with Gasteiger partial charge in [-0.05, 0) is 48.9 Å². The minimum Gasteiger partial charge on any atom is -0.492 e. The zero-order valence-electron chi connectivity index (χ0n) is 15.8. The highest BCUT2D eigenvalue weighted by Gasteiger charge is 2.35. The number of nitrogens with zero attached hydrogens (tertiary/aromatic N) is 1. The van der Waals surface area contributed by atoms with Crippen LogP contribution in [0.2, 0.25) is 0 Å². The van der Waals surface area contributed by atoms with Crippen molar-refractivity contribution in [3.05, 3.63) is 78.3 Å². The average Bonchev–Trinajstić information content (AvgIpc) is 3.39. The van der Waals surface area contributed by atoms with E-state index in [-0.39, 0.29) is 22.9 Å². The molecule has 1 aliphatic heterocycles. The van der Waals surface area contributed by atoms with Gasteiger partial charge in [0.15, 0.2) is 5.76 Å². The second kappa shape index (κ2) is 8.45. The molecule has 1 atom stereocenters. The van der Waals surface area contributed by atoms with Gasteiger partial charge in [0.2, 0.25) is 5.91 Å². The topological polar surface area (TPSA) is 71.8 Å². The molecule has 7 heteroatoms. The van der Waals surface area contributed by atoms with Crippen LogP contribution in [0.1, 0.15) is 28.4 Å². The van der Waals surface area contributed by atoms with Gasteiger partial charge in [-0.3, -0.25) is 14.5 Å². The van der Waals surface area contributed by atoms with Crippen LogP contribution in [0.5, 0.6) is 5.75 Å². The molecular weight excluding hydrogens is 388 g/mol. The summed E-state index contributed by atoms with van der Waals surface area (Å²) in [7, 11) is 0. The lowest BCUT2D eigenvalue weighted by molar-refractivity contribution is -0.115. The van der Waals surface area contributed by atoms with Crippen LogP contribution in [0.4, 0.5) is 11.4 Å². The summed E-state index contributed by atoms with van der Waals surface area (Å²) in [5.74, 6) is 1.01. The molecule has 1 fully saturated rings. The molecule has 1 aliphatic rings. The van der Waals surface area contributed by atoms with Crippen LogP contribution in [0.3, 0.4) is 0 Å². The molecule has 0 unspecified atom stereocenters. The van der Waals surface area contributed by atoms with Crippen LogP contribution in [0.15, 0.2) is 71.3 Å². The lowest BCUT2D eigenvalue weighted by Crippen LogP contribution is -2.28. The van der Waals surface area contributed by atoms with Gasteiger partial charge in [-0.25, -0.2) is 0 Å². The zero-order chi connectivity index (χ0) is 20.2. The highest BCUT2D eigenvalue weighted by molar-refractivity contribution is 8.00. The van der Waals surface area contributed by atoms with E-state index in [1.54, 1.807) is 28.8 Å². The maximum absolute atomic E-state index is 12.7. The number of hydrogen-bond acceptors (Lipinski definition) is 5. The Morgan fingerprint density at radius 1 is 1.21 bits per heavy atom. The molecule has 2 heterocycles. The van der Waals surface area contributed by atoms with Crippen LogP contribution in [-0.4, -0.2) is 24.2 Å². The third-order valence-electron chi connectivity index (χ3n) is 4.47. The smallest absolute Gasteiger partial charge is 0.291 e. The van der Waals surface area contributed by atoms with Crippen LogP contribution >= 0.6 is 11.8 Å². The highest BCUT2D eigenvalue weighted by atomic mass is 32.2. The van der Waals surface area contributed by atoms with E-state index in [0.717, 1.165) is 11.3 Å². The molecule has 2 aromatic carbocycles. The Balaban J connectivity index is 1.62. The fraction of sp³-hybridized carbons (Fsp3) is 0.182. The maximum atomic E-state index is 12.7. The van der Waals surface area contributed by atoms with Crippen molar-refractivity contribution in [3.8, 4) is 5.75 Å². The molecule has 0 radical (unpaired) electrons. The Kier molecular flexibility index (Phi) is 5.57. The van der Waals surface area contributed by atoms with Crippen molar-refractivity contribution >= 4 is 35.0 Å². The highest BCUT2D eigenvalue weighted by Crippen LogP contribution is 2.45. The number of nitrogens with one attached hydrogen (secondary N) is 1. The lowest BCUT2D eigenvalue weighted by Gasteiger charge is -2.26. The van der Waals surface area contributed by atoms with E-state index in [1.165, 1.54) is 6.26 Å². The second-order valence-electron chi connectivity index (χ2n) is 6.38. The molecule has 148 valence electrons. The van der Waals surface area contributed by atoms with Crippen LogP contribution < -0.4 is 15.0 Å². The van der Waals surface area contributed by atoms with Crippen molar-refractivity contribution in [3.63, 3.8) is 0 Å². The molecule has 3 aromatic rings. The van der Waals surface area contributed by atoms with Gasteiger partial charge >= 0.3 is 0 Å². The molecule has 0 spiro atoms. The van der Waals surface area contributed by atoms with E-state index in [2.05, 4.69) is 5.32 Å². The summed E-state index contributed by atoms with van der Waals surface area (Å²) in [4.78, 5) is 26.7. The molecule has 2 amide bonds. The van der Waals surface area contributed by atoms with E-state index in [9.17, 15) is 9.59 Å². The third-order valence-corrected chi connectivity index (χ3v) is 5.68. The summed E-state index contributed by atoms with van der Waals surface area (Å²) < 4.78 is 10.9. The van der Waals surface area contributed by atoms with E-state index in [1.807, 2.05) is 55.5 Å². The van der Waals surface area contributed by atoms with E-state index in [0.29, 0.717) is 23.8 Å². The molecule has 0 saturated carbocycles. The fourth-order valence-corrected chi connectivity index (χ4v) is 4.39. The number of thioether (sulfide) groups is 1. The molecule has 0 bridgehead atoms. The normalized spacial score (nSPS) is 16.1. The van der Waals surface area contributed by atoms with Gasteiger partial charge in [0.1, 0.15) is 11.1 Å². The number of ether oxygens (including phenoxy) is 1. The van der Waals surface area contributed by atoms with Gasteiger partial charge in [-0.15, -0.1) is 11.8 Å². The van der Waals surface area contributed by atoms with Crippen molar-refractivity contribution in [1.29, 1.82) is 0 Å². The van der Waals surface area contributed by atoms with Crippen molar-refractivity contribution in [2.75, 3.05) is 22.6 Å². The van der Waals surface area contributed by atoms with E-state index in [4.69, 9.17) is 9.15 Å². The number of anilines is 2. The monoisotopic (exact) mass is 408 g/mol. The average molecular weight is 408 g/mol. The fourth-order valence-electron chi connectivity index (χ4n) is 3.24. The summed E-state index contributed by atoms with van der Waals surface area (Å²) >= 11 is 1.55. The predicted octanol–water partition coefficient (Wildman–Crippen LogP) is 4.71. The molecule has 1 saturated heterocycles. The van der Waals surface area contributed by atoms with E-state index >= 15 is 0 Å². The molecule has 29 heavy (non-hydrogen) atoms. The predicted molar refractivity (Wildman–Crippen MR) is 113 cm³/mol. The number of carbonyl (C=O) groups excluding carboxylic acids is 2. The van der Waals surface area contributed by atoms with Crippen molar-refractivity contribution in [2.45, 2.75) is 12.3 Å². The largest absolute Gasteiger partial charge is 0.492 e. The Bertz CT molecular complexity index is 1020. The summed E-state index contributed by atoms with van der Waals surface area (Å²) in [5, 5.41) is 2.63. The Labute approximate surface area is 172 Å². The number of amides is 2. The summed E-state index contributed by atoms with van der Waals surface area (Å²) in [6, 6.07) is 18.3. The first kappa shape index (κ1) is 19.1. The first-order chi connectivity index (χ1) is 14.2. The van der Waals surface area contributed by atoms with Crippen molar-refractivity contribution < 1.29 is 18.7 Å². The Hall–Kier alpha value is -3.19. The first-order valence-electron chi connectivity index (χ1n) is 9.27. The van der Waals surface area contributed by atoms with Gasteiger partial charge in [0.25, 0.3) is 5.91 Å². The minimum absolute atomic E-state index is 0.0252. The number of carbonyl (C=O) groups is 2. The van der Waals surface area contributed by atoms with Gasteiger partial charge in [-0.2, -0.15) is 0 Å². The third kappa shape index (κ3) is 4.00. The molecule has 1 N–H and O–H groups in total. The number of rotatable bonds is 6. The maximum Gasteiger partial charge on any atom is 0.291 e. The number of para-hydroxylation sites is 2. The second-order valence-corrected chi connectivity index (χ2v) is 7.45. The Morgan fingerprint density at radius 2 is 2.07 bits per heavy atom. The minimum atomic E-state index is -0.319. The molecule has 6 nitrogen and oxygen atoms in total. The van der Waals surface area contributed by atoms with Crippen molar-refractivity contribution in [1.82, 2.24) is 0 Å². The number of hydrogen-bond donors (Lipinski definition) is 1. The summed E-state index contributed by atoms with van der Waals surface area (Å²) in [6.07, 6.45) is 1.46. The molecule has 4 rings (SSSR count). The van der Waals surface area contributed by atoms with Crippen LogP contribution in [0.25, 0.3) is 0 Å². The Morgan fingerprint density at radius 3 is 2.86 bits per heavy atom. The summed E-state index contributed by atoms with van der Waals surface area (Å²) in [5.41, 5.74) is 2.31. The number of furan rings is 1. The molecular formula is C22H20N2O4S. The van der Waals surface area contributed by atoms with Crippen LogP contribution in [0, 0.1) is 0 Å². The van der Waals surface area contributed by atoms with E-state index < -0.39 is 0 Å². The quantitative estimate of drug-likeness (QED) is 0.640. The first-order valence-corrected chi connectivity index (χ1v) is 10.3. The summed E-state index contributed by atoms with van der Waals surface area (Å²) in [6.45, 7) is 2.44. The standard InChI is InChI=1S/C22H20N2O4S/c1-2-27-18-10-4-3-9-17(18)24-20(25)14-29-22(24)15-7-5-8-16(13-15)23-21(26)19-11-6-12-28-19/h3-13,22H,2,14H2,1H3,(H,23,26)/t22-/m1/s1. The van der Waals surface area contributed by atoms with Crippen LogP contribution in [-0.2, 0) is 4.79 Å². The van der Waals surface area contributed by atoms with Gasteiger partial charge in [0, 0.05) is 5.69 Å². The zero-order valence-corrected chi connectivity index (χ0v) is 16.6. The van der Waals surface area contributed by atoms with Gasteiger partial charge < -0.3 is 14.5 Å². The molecule has 0 aliphatic carbocycles. The van der Waals surface area contributed by atoms with Crippen molar-refractivity contribution in [2.24, 2.45) is 0 Å². The molecule has 1 aromatic heterocycles.